The van der Waals surface area contributed by atoms with Gasteiger partial charge in [0.25, 0.3) is 11.8 Å². The number of amides is 1. The van der Waals surface area contributed by atoms with Crippen molar-refractivity contribution in [1.82, 2.24) is 25.1 Å². The Morgan fingerprint density at radius 1 is 1.26 bits per heavy atom. The number of likely N-dealkylation sites (tertiary alicyclic amines) is 1. The first kappa shape index (κ1) is 22.2. The van der Waals surface area contributed by atoms with Crippen LogP contribution in [0.15, 0.2) is 57.1 Å². The number of hydrogen-bond acceptors (Lipinski definition) is 7. The van der Waals surface area contributed by atoms with E-state index in [4.69, 9.17) is 4.42 Å². The average Bonchev–Trinajstić information content (AvgIpc) is 3.59. The number of nitrogens with one attached hydrogen (secondary N) is 1. The lowest BCUT2D eigenvalue weighted by Crippen LogP contribution is -2.31. The molecule has 0 radical (unpaired) electrons. The Balaban J connectivity index is 1.38. The van der Waals surface area contributed by atoms with Crippen molar-refractivity contribution >= 4 is 17.2 Å². The van der Waals surface area contributed by atoms with E-state index < -0.39 is 5.56 Å². The summed E-state index contributed by atoms with van der Waals surface area (Å²) in [4.78, 5) is 34.9. The van der Waals surface area contributed by atoms with Crippen LogP contribution in [0.5, 0.6) is 0 Å². The smallest absolute Gasteiger partial charge is 0.264 e. The summed E-state index contributed by atoms with van der Waals surface area (Å²) in [5, 5.41) is 11.2. The largest absolute Gasteiger partial charge is 0.419 e. The van der Waals surface area contributed by atoms with Crippen LogP contribution in [0.2, 0.25) is 0 Å². The van der Waals surface area contributed by atoms with Gasteiger partial charge in [0.05, 0.1) is 6.04 Å². The van der Waals surface area contributed by atoms with Crippen LogP contribution in [0, 0.1) is 6.92 Å². The van der Waals surface area contributed by atoms with E-state index >= 15 is 0 Å². The number of H-pyrrole nitrogens is 1. The second-order valence-electron chi connectivity index (χ2n) is 8.67. The van der Waals surface area contributed by atoms with E-state index in [1.165, 1.54) is 11.6 Å². The zero-order valence-electron chi connectivity index (χ0n) is 19.0. The molecule has 4 heterocycles. The first-order valence-electron chi connectivity index (χ1n) is 11.3. The van der Waals surface area contributed by atoms with Crippen molar-refractivity contribution in [2.45, 2.75) is 45.1 Å². The Morgan fingerprint density at radius 3 is 2.85 bits per heavy atom. The van der Waals surface area contributed by atoms with Crippen LogP contribution in [0.1, 0.15) is 64.2 Å². The maximum Gasteiger partial charge on any atom is 0.264 e. The lowest BCUT2D eigenvalue weighted by molar-refractivity contribution is 0.0735. The molecule has 174 valence electrons. The lowest BCUT2D eigenvalue weighted by atomic mass is 10.0. The van der Waals surface area contributed by atoms with E-state index in [9.17, 15) is 9.59 Å². The third-order valence-corrected chi connectivity index (χ3v) is 7.07. The summed E-state index contributed by atoms with van der Waals surface area (Å²) in [6.45, 7) is 4.59. The van der Waals surface area contributed by atoms with Gasteiger partial charge in [-0.05, 0) is 37.8 Å². The molecule has 34 heavy (non-hydrogen) atoms. The van der Waals surface area contributed by atoms with Crippen LogP contribution in [0.25, 0.3) is 11.6 Å². The molecule has 3 aromatic heterocycles. The Kier molecular flexibility index (Phi) is 6.10. The molecule has 0 unspecified atom stereocenters. The quantitative estimate of drug-likeness (QED) is 0.440. The van der Waals surface area contributed by atoms with Crippen LogP contribution >= 0.6 is 11.3 Å². The van der Waals surface area contributed by atoms with Gasteiger partial charge in [0.2, 0.25) is 11.4 Å². The van der Waals surface area contributed by atoms with Crippen molar-refractivity contribution in [3.05, 3.63) is 85.9 Å². The van der Waals surface area contributed by atoms with Gasteiger partial charge >= 0.3 is 0 Å². The van der Waals surface area contributed by atoms with Gasteiger partial charge in [-0.2, -0.15) is 0 Å². The minimum Gasteiger partial charge on any atom is -0.419 e. The topological polar surface area (TPSA) is 105 Å². The van der Waals surface area contributed by atoms with E-state index in [-0.39, 0.29) is 23.8 Å². The third kappa shape index (κ3) is 4.56. The van der Waals surface area contributed by atoms with Crippen LogP contribution in [-0.2, 0) is 6.42 Å². The number of aromatic amines is 1. The minimum absolute atomic E-state index is 0.00676. The maximum absolute atomic E-state index is 13.4. The molecule has 4 aromatic rings. The zero-order chi connectivity index (χ0) is 23.7. The number of rotatable bonds is 6. The summed E-state index contributed by atoms with van der Waals surface area (Å²) in [6, 6.07) is 13.0. The van der Waals surface area contributed by atoms with Gasteiger partial charge < -0.3 is 14.3 Å². The van der Waals surface area contributed by atoms with Crippen LogP contribution in [0.4, 0.5) is 0 Å². The SMILES string of the molecule is Cc1csc([C@H]2CCCN2C(=O)c2cc(-c3nnc([C@@H](C)Cc4ccccc4)o3)[nH]c(=O)c2)n1. The molecule has 1 saturated heterocycles. The molecule has 0 aliphatic carbocycles. The molecule has 0 bridgehead atoms. The molecule has 9 heteroatoms. The second kappa shape index (κ2) is 9.34. The highest BCUT2D eigenvalue weighted by Crippen LogP contribution is 2.35. The number of aromatic nitrogens is 4. The van der Waals surface area contributed by atoms with E-state index in [0.29, 0.717) is 23.7 Å². The van der Waals surface area contributed by atoms with Gasteiger partial charge in [0.15, 0.2) is 0 Å². The van der Waals surface area contributed by atoms with Crippen LogP contribution in [-0.4, -0.2) is 37.5 Å². The van der Waals surface area contributed by atoms with Crippen LogP contribution in [0.3, 0.4) is 0 Å². The van der Waals surface area contributed by atoms with Crippen molar-refractivity contribution in [3.8, 4) is 11.6 Å². The predicted molar refractivity (Wildman–Crippen MR) is 129 cm³/mol. The number of hydrogen-bond donors (Lipinski definition) is 1. The predicted octanol–water partition coefficient (Wildman–Crippen LogP) is 4.51. The molecule has 1 aliphatic rings. The Morgan fingerprint density at radius 2 is 2.09 bits per heavy atom. The summed E-state index contributed by atoms with van der Waals surface area (Å²) in [5.41, 5.74) is 2.37. The number of nitrogens with zero attached hydrogens (tertiary/aromatic N) is 4. The van der Waals surface area contributed by atoms with Crippen molar-refractivity contribution in [3.63, 3.8) is 0 Å². The Labute approximate surface area is 200 Å². The number of carbonyl (C=O) groups excluding carboxylic acids is 1. The molecule has 5 rings (SSSR count). The highest BCUT2D eigenvalue weighted by Gasteiger charge is 2.33. The maximum atomic E-state index is 13.4. The van der Waals surface area contributed by atoms with Crippen molar-refractivity contribution in [1.29, 1.82) is 0 Å². The monoisotopic (exact) mass is 475 g/mol. The van der Waals surface area contributed by atoms with Gasteiger partial charge in [-0.25, -0.2) is 4.98 Å². The van der Waals surface area contributed by atoms with E-state index in [1.54, 1.807) is 22.3 Å². The third-order valence-electron chi connectivity index (χ3n) is 6.00. The molecule has 1 aliphatic heterocycles. The summed E-state index contributed by atoms with van der Waals surface area (Å²) >= 11 is 1.57. The Bertz CT molecular complexity index is 1360. The normalized spacial score (nSPS) is 16.6. The van der Waals surface area contributed by atoms with Gasteiger partial charge in [0.1, 0.15) is 10.7 Å². The van der Waals surface area contributed by atoms with Gasteiger partial charge in [0, 0.05) is 35.2 Å². The fourth-order valence-electron chi connectivity index (χ4n) is 4.34. The molecule has 8 nitrogen and oxygen atoms in total. The number of aryl methyl sites for hydroxylation is 1. The summed E-state index contributed by atoms with van der Waals surface area (Å²) in [6.07, 6.45) is 2.52. The first-order valence-corrected chi connectivity index (χ1v) is 12.2. The summed E-state index contributed by atoms with van der Waals surface area (Å²) in [5.74, 6) is 0.484. The lowest BCUT2D eigenvalue weighted by Gasteiger charge is -2.23. The molecule has 1 fully saturated rings. The summed E-state index contributed by atoms with van der Waals surface area (Å²) < 4.78 is 5.89. The zero-order valence-corrected chi connectivity index (χ0v) is 19.8. The highest BCUT2D eigenvalue weighted by atomic mass is 32.1. The average molecular weight is 476 g/mol. The van der Waals surface area contributed by atoms with E-state index in [0.717, 1.165) is 30.0 Å². The first-order chi connectivity index (χ1) is 16.5. The highest BCUT2D eigenvalue weighted by molar-refractivity contribution is 7.09. The van der Waals surface area contributed by atoms with Crippen molar-refractivity contribution in [2.24, 2.45) is 0 Å². The van der Waals surface area contributed by atoms with Crippen molar-refractivity contribution in [2.75, 3.05) is 6.54 Å². The van der Waals surface area contributed by atoms with Crippen LogP contribution < -0.4 is 5.56 Å². The molecule has 2 atom stereocenters. The number of thiazole rings is 1. The Hall–Kier alpha value is -3.59. The molecule has 1 amide bonds. The van der Waals surface area contributed by atoms with E-state index in [2.05, 4.69) is 32.3 Å². The van der Waals surface area contributed by atoms with E-state index in [1.807, 2.05) is 37.4 Å². The van der Waals surface area contributed by atoms with Gasteiger partial charge in [-0.1, -0.05) is 37.3 Å². The molecule has 0 saturated carbocycles. The van der Waals surface area contributed by atoms with Crippen molar-refractivity contribution < 1.29 is 9.21 Å². The number of carbonyl (C=O) groups is 1. The fraction of sp³-hybridized carbons (Fsp3) is 0.320. The molecular weight excluding hydrogens is 450 g/mol. The standard InChI is InChI=1S/C25H25N5O3S/c1-15(11-17-7-4-3-5-8-17)22-28-29-23(33-22)19-12-18(13-21(31)27-19)25(32)30-10-6-9-20(30)24-26-16(2)14-34-24/h3-5,7-8,12-15,20H,6,9-11H2,1-2H3,(H,27,31)/t15-,20+/m0/s1. The molecule has 1 N–H and O–H groups in total. The molecule has 1 aromatic carbocycles. The second-order valence-corrected chi connectivity index (χ2v) is 9.56. The molecule has 0 spiro atoms. The number of pyridine rings is 1. The van der Waals surface area contributed by atoms with Gasteiger partial charge in [-0.3, -0.25) is 9.59 Å². The fourth-order valence-corrected chi connectivity index (χ4v) is 5.28. The molecular formula is C25H25N5O3S. The minimum atomic E-state index is -0.390. The number of benzene rings is 1. The summed E-state index contributed by atoms with van der Waals surface area (Å²) in [7, 11) is 0. The van der Waals surface area contributed by atoms with Gasteiger partial charge in [-0.15, -0.1) is 21.5 Å².